The summed E-state index contributed by atoms with van der Waals surface area (Å²) in [5.41, 5.74) is 2.05. The highest BCUT2D eigenvalue weighted by molar-refractivity contribution is 14.1. The molecule has 1 heterocycles. The Morgan fingerprint density at radius 3 is 2.45 bits per heavy atom. The third kappa shape index (κ3) is 3.27. The van der Waals surface area contributed by atoms with Crippen molar-refractivity contribution in [1.29, 1.82) is 0 Å². The Balaban J connectivity index is 1.68. The second-order valence-electron chi connectivity index (χ2n) is 5.52. The molecule has 0 aromatic heterocycles. The Morgan fingerprint density at radius 2 is 1.82 bits per heavy atom. The summed E-state index contributed by atoms with van der Waals surface area (Å²) in [7, 11) is 1.67. The molecule has 1 fully saturated rings. The molecule has 0 radical (unpaired) electrons. The van der Waals surface area contributed by atoms with Crippen LogP contribution in [0.1, 0.15) is 28.3 Å². The maximum Gasteiger partial charge on any atom is 0.253 e. The first-order valence-electron chi connectivity index (χ1n) is 7.36. The van der Waals surface area contributed by atoms with Gasteiger partial charge in [0.2, 0.25) is 0 Å². The fourth-order valence-corrected chi connectivity index (χ4v) is 3.23. The smallest absolute Gasteiger partial charge is 0.253 e. The maximum absolute atomic E-state index is 12.5. The Labute approximate surface area is 144 Å². The van der Waals surface area contributed by atoms with Crippen LogP contribution >= 0.6 is 22.6 Å². The number of rotatable bonds is 3. The average Bonchev–Trinajstić information content (AvgIpc) is 3.05. The summed E-state index contributed by atoms with van der Waals surface area (Å²) in [4.78, 5) is 14.5. The fraction of sp³-hybridized carbons (Fsp3) is 0.278. The van der Waals surface area contributed by atoms with E-state index < -0.39 is 0 Å². The van der Waals surface area contributed by atoms with E-state index in [0.717, 1.165) is 34.4 Å². The second-order valence-corrected chi connectivity index (χ2v) is 6.76. The van der Waals surface area contributed by atoms with E-state index in [1.165, 1.54) is 5.56 Å². The van der Waals surface area contributed by atoms with Gasteiger partial charge in [0, 0.05) is 28.1 Å². The molecule has 114 valence electrons. The zero-order valence-corrected chi connectivity index (χ0v) is 14.6. The number of carbonyl (C=O) groups is 1. The molecule has 2 aromatic rings. The second kappa shape index (κ2) is 6.69. The number of ether oxygens (including phenoxy) is 1. The summed E-state index contributed by atoms with van der Waals surface area (Å²) in [5, 5.41) is 0. The molecule has 0 N–H and O–H groups in total. The van der Waals surface area contributed by atoms with E-state index in [2.05, 4.69) is 34.7 Å². The molecule has 0 bridgehead atoms. The van der Waals surface area contributed by atoms with E-state index in [9.17, 15) is 4.79 Å². The van der Waals surface area contributed by atoms with Crippen LogP contribution in [0.25, 0.3) is 0 Å². The molecule has 0 saturated carbocycles. The number of hydrogen-bond acceptors (Lipinski definition) is 2. The third-order valence-corrected chi connectivity index (χ3v) is 4.87. The molecule has 1 saturated heterocycles. The molecule has 2 aromatic carbocycles. The van der Waals surface area contributed by atoms with Gasteiger partial charge in [0.15, 0.2) is 0 Å². The van der Waals surface area contributed by atoms with Gasteiger partial charge >= 0.3 is 0 Å². The lowest BCUT2D eigenvalue weighted by Gasteiger charge is -2.17. The van der Waals surface area contributed by atoms with Crippen LogP contribution in [0, 0.1) is 3.57 Å². The molecular formula is C18H18INO2. The van der Waals surface area contributed by atoms with Gasteiger partial charge < -0.3 is 9.64 Å². The molecule has 1 amide bonds. The standard InChI is InChI=1S/C18H18INO2/c1-22-17-8-4-13(5-9-17)15-10-11-20(12-15)18(21)14-2-6-16(19)7-3-14/h2-9,15H,10-12H2,1H3. The first-order chi connectivity index (χ1) is 10.7. The SMILES string of the molecule is COc1ccc(C2CCN(C(=O)c3ccc(I)cc3)C2)cc1. The third-order valence-electron chi connectivity index (χ3n) is 4.15. The van der Waals surface area contributed by atoms with E-state index in [1.54, 1.807) is 7.11 Å². The molecule has 22 heavy (non-hydrogen) atoms. The maximum atomic E-state index is 12.5. The summed E-state index contributed by atoms with van der Waals surface area (Å²) < 4.78 is 6.34. The largest absolute Gasteiger partial charge is 0.497 e. The van der Waals surface area contributed by atoms with Crippen LogP contribution < -0.4 is 4.74 Å². The van der Waals surface area contributed by atoms with Crippen LogP contribution in [0.3, 0.4) is 0 Å². The molecule has 1 atom stereocenters. The highest BCUT2D eigenvalue weighted by atomic mass is 127. The van der Waals surface area contributed by atoms with Crippen molar-refractivity contribution in [1.82, 2.24) is 4.90 Å². The van der Waals surface area contributed by atoms with Crippen molar-refractivity contribution in [2.45, 2.75) is 12.3 Å². The number of benzene rings is 2. The quantitative estimate of drug-likeness (QED) is 0.722. The molecule has 1 aliphatic heterocycles. The Kier molecular flexibility index (Phi) is 4.66. The van der Waals surface area contributed by atoms with Gasteiger partial charge in [0.25, 0.3) is 5.91 Å². The van der Waals surface area contributed by atoms with E-state index in [1.807, 2.05) is 41.3 Å². The molecule has 3 rings (SSSR count). The van der Waals surface area contributed by atoms with Crippen molar-refractivity contribution in [2.75, 3.05) is 20.2 Å². The summed E-state index contributed by atoms with van der Waals surface area (Å²) in [5.74, 6) is 1.42. The van der Waals surface area contributed by atoms with Gasteiger partial charge in [-0.3, -0.25) is 4.79 Å². The Morgan fingerprint density at radius 1 is 1.14 bits per heavy atom. The lowest BCUT2D eigenvalue weighted by Crippen LogP contribution is -2.28. The zero-order valence-electron chi connectivity index (χ0n) is 12.5. The summed E-state index contributed by atoms with van der Waals surface area (Å²) >= 11 is 2.25. The molecule has 4 heteroatoms. The average molecular weight is 407 g/mol. The minimum Gasteiger partial charge on any atom is -0.497 e. The lowest BCUT2D eigenvalue weighted by molar-refractivity contribution is 0.0791. The first kappa shape index (κ1) is 15.3. The van der Waals surface area contributed by atoms with Crippen molar-refractivity contribution in [3.05, 3.63) is 63.2 Å². The van der Waals surface area contributed by atoms with E-state index in [0.29, 0.717) is 5.92 Å². The number of nitrogens with zero attached hydrogens (tertiary/aromatic N) is 1. The monoisotopic (exact) mass is 407 g/mol. The van der Waals surface area contributed by atoms with E-state index >= 15 is 0 Å². The van der Waals surface area contributed by atoms with Gasteiger partial charge in [-0.05, 0) is 71.0 Å². The molecule has 3 nitrogen and oxygen atoms in total. The summed E-state index contributed by atoms with van der Waals surface area (Å²) in [6.07, 6.45) is 1.02. The van der Waals surface area contributed by atoms with Gasteiger partial charge in [-0.2, -0.15) is 0 Å². The van der Waals surface area contributed by atoms with E-state index in [-0.39, 0.29) is 5.91 Å². The number of hydrogen-bond donors (Lipinski definition) is 0. The Hall–Kier alpha value is -1.56. The summed E-state index contributed by atoms with van der Waals surface area (Å²) in [6, 6.07) is 15.9. The number of likely N-dealkylation sites (tertiary alicyclic amines) is 1. The number of halogens is 1. The molecule has 1 unspecified atom stereocenters. The fourth-order valence-electron chi connectivity index (χ4n) is 2.87. The minimum absolute atomic E-state index is 0.132. The van der Waals surface area contributed by atoms with Gasteiger partial charge in [0.05, 0.1) is 7.11 Å². The van der Waals surface area contributed by atoms with Crippen LogP contribution in [-0.4, -0.2) is 31.0 Å². The lowest BCUT2D eigenvalue weighted by atomic mass is 9.98. The highest BCUT2D eigenvalue weighted by Gasteiger charge is 2.27. The minimum atomic E-state index is 0.132. The number of methoxy groups -OCH3 is 1. The van der Waals surface area contributed by atoms with Gasteiger partial charge in [-0.1, -0.05) is 12.1 Å². The molecule has 0 spiro atoms. The van der Waals surface area contributed by atoms with Crippen LogP contribution in [0.5, 0.6) is 5.75 Å². The van der Waals surface area contributed by atoms with Crippen molar-refractivity contribution in [3.8, 4) is 5.75 Å². The van der Waals surface area contributed by atoms with Crippen LogP contribution in [-0.2, 0) is 0 Å². The zero-order chi connectivity index (χ0) is 15.5. The summed E-state index contributed by atoms with van der Waals surface area (Å²) in [6.45, 7) is 1.61. The predicted octanol–water partition coefficient (Wildman–Crippen LogP) is 3.93. The first-order valence-corrected chi connectivity index (χ1v) is 8.44. The molecule has 0 aliphatic carbocycles. The van der Waals surface area contributed by atoms with Crippen LogP contribution in [0.4, 0.5) is 0 Å². The number of amides is 1. The predicted molar refractivity (Wildman–Crippen MR) is 95.4 cm³/mol. The topological polar surface area (TPSA) is 29.5 Å². The molecule has 1 aliphatic rings. The van der Waals surface area contributed by atoms with Gasteiger partial charge in [-0.25, -0.2) is 0 Å². The molecular weight excluding hydrogens is 389 g/mol. The Bertz CT molecular complexity index is 652. The van der Waals surface area contributed by atoms with Gasteiger partial charge in [0.1, 0.15) is 5.75 Å². The van der Waals surface area contributed by atoms with Crippen molar-refractivity contribution >= 4 is 28.5 Å². The van der Waals surface area contributed by atoms with Crippen molar-refractivity contribution in [3.63, 3.8) is 0 Å². The van der Waals surface area contributed by atoms with Crippen LogP contribution in [0.15, 0.2) is 48.5 Å². The van der Waals surface area contributed by atoms with Crippen molar-refractivity contribution < 1.29 is 9.53 Å². The van der Waals surface area contributed by atoms with E-state index in [4.69, 9.17) is 4.74 Å². The normalized spacial score (nSPS) is 17.5. The number of carbonyl (C=O) groups excluding carboxylic acids is 1. The van der Waals surface area contributed by atoms with Crippen molar-refractivity contribution in [2.24, 2.45) is 0 Å². The van der Waals surface area contributed by atoms with Crippen LogP contribution in [0.2, 0.25) is 0 Å². The highest BCUT2D eigenvalue weighted by Crippen LogP contribution is 2.29. The van der Waals surface area contributed by atoms with Gasteiger partial charge in [-0.15, -0.1) is 0 Å².